The molecular weight excluding hydrogens is 216 g/mol. The van der Waals surface area contributed by atoms with Crippen molar-refractivity contribution in [3.05, 3.63) is 51.7 Å². The zero-order chi connectivity index (χ0) is 11.4. The Morgan fingerprint density at radius 1 is 1.38 bits per heavy atom. The van der Waals surface area contributed by atoms with Crippen LogP contribution in [0.1, 0.15) is 16.7 Å². The smallest absolute Gasteiger partial charge is 0.101 e. The Morgan fingerprint density at radius 2 is 2.25 bits per heavy atom. The van der Waals surface area contributed by atoms with Crippen molar-refractivity contribution in [3.8, 4) is 6.07 Å². The van der Waals surface area contributed by atoms with Crippen LogP contribution in [0.4, 0.5) is 5.69 Å². The molecule has 0 radical (unpaired) electrons. The number of anilines is 1. The lowest BCUT2D eigenvalue weighted by molar-refractivity contribution is 1.16. The average Bonchev–Trinajstić information content (AvgIpc) is 2.79. The first-order valence-electron chi connectivity index (χ1n) is 5.05. The zero-order valence-electron chi connectivity index (χ0n) is 9.03. The van der Waals surface area contributed by atoms with Gasteiger partial charge in [0.2, 0.25) is 0 Å². The Kier molecular flexibility index (Phi) is 3.23. The molecule has 0 bridgehead atoms. The lowest BCUT2D eigenvalue weighted by atomic mass is 10.1. The monoisotopic (exact) mass is 228 g/mol. The van der Waals surface area contributed by atoms with Crippen LogP contribution >= 0.6 is 11.3 Å². The summed E-state index contributed by atoms with van der Waals surface area (Å²) in [4.78, 5) is 0. The Balaban J connectivity index is 2.15. The first kappa shape index (κ1) is 10.7. The molecule has 3 heteroatoms. The van der Waals surface area contributed by atoms with Crippen LogP contribution < -0.4 is 5.32 Å². The number of thiophene rings is 1. The number of hydrogen-bond acceptors (Lipinski definition) is 3. The number of nitrogens with zero attached hydrogens (tertiary/aromatic N) is 1. The van der Waals surface area contributed by atoms with Crippen LogP contribution in [0.3, 0.4) is 0 Å². The minimum atomic E-state index is 0.695. The summed E-state index contributed by atoms with van der Waals surface area (Å²) < 4.78 is 0. The van der Waals surface area contributed by atoms with Gasteiger partial charge in [-0.1, -0.05) is 6.07 Å². The first-order chi connectivity index (χ1) is 7.79. The fraction of sp³-hybridized carbons (Fsp3) is 0.154. The lowest BCUT2D eigenvalue weighted by Gasteiger charge is -2.07. The molecule has 0 saturated heterocycles. The van der Waals surface area contributed by atoms with Gasteiger partial charge in [0.05, 0.1) is 11.3 Å². The molecule has 2 rings (SSSR count). The second-order valence-electron chi connectivity index (χ2n) is 3.65. The molecule has 2 nitrogen and oxygen atoms in total. The predicted molar refractivity (Wildman–Crippen MR) is 67.5 cm³/mol. The molecule has 0 aliphatic heterocycles. The lowest BCUT2D eigenvalue weighted by Crippen LogP contribution is -2.00. The Morgan fingerprint density at radius 3 is 2.94 bits per heavy atom. The number of hydrogen-bond donors (Lipinski definition) is 1. The topological polar surface area (TPSA) is 35.8 Å². The average molecular weight is 228 g/mol. The van der Waals surface area contributed by atoms with E-state index in [-0.39, 0.29) is 0 Å². The van der Waals surface area contributed by atoms with Crippen LogP contribution in [-0.2, 0) is 6.54 Å². The van der Waals surface area contributed by atoms with Crippen LogP contribution in [0.2, 0.25) is 0 Å². The molecule has 0 amide bonds. The van der Waals surface area contributed by atoms with Crippen molar-refractivity contribution < 1.29 is 0 Å². The molecule has 1 aromatic carbocycles. The van der Waals surface area contributed by atoms with Crippen molar-refractivity contribution >= 4 is 17.0 Å². The molecule has 0 fully saturated rings. The van der Waals surface area contributed by atoms with E-state index in [1.807, 2.05) is 25.1 Å². The van der Waals surface area contributed by atoms with E-state index >= 15 is 0 Å². The number of nitriles is 1. The Labute approximate surface area is 99.2 Å². The molecule has 0 unspecified atom stereocenters. The summed E-state index contributed by atoms with van der Waals surface area (Å²) in [6, 6.07) is 10.1. The van der Waals surface area contributed by atoms with E-state index < -0.39 is 0 Å². The van der Waals surface area contributed by atoms with Crippen LogP contribution in [0, 0.1) is 18.3 Å². The third-order valence-electron chi connectivity index (χ3n) is 2.36. The van der Waals surface area contributed by atoms with E-state index in [1.54, 1.807) is 11.3 Å². The minimum Gasteiger partial charge on any atom is -0.380 e. The summed E-state index contributed by atoms with van der Waals surface area (Å²) in [5.74, 6) is 0. The van der Waals surface area contributed by atoms with Crippen LogP contribution in [-0.4, -0.2) is 0 Å². The molecule has 0 aliphatic carbocycles. The molecule has 0 atom stereocenters. The van der Waals surface area contributed by atoms with E-state index in [1.165, 1.54) is 5.56 Å². The molecule has 0 aliphatic rings. The van der Waals surface area contributed by atoms with Gasteiger partial charge in [-0.2, -0.15) is 16.6 Å². The summed E-state index contributed by atoms with van der Waals surface area (Å²) in [6.45, 7) is 2.79. The maximum Gasteiger partial charge on any atom is 0.101 e. The van der Waals surface area contributed by atoms with Crippen LogP contribution in [0.5, 0.6) is 0 Å². The van der Waals surface area contributed by atoms with Crippen molar-refractivity contribution in [2.24, 2.45) is 0 Å². The minimum absolute atomic E-state index is 0.695. The predicted octanol–water partition coefficient (Wildman–Crippen LogP) is 3.54. The summed E-state index contributed by atoms with van der Waals surface area (Å²) in [6.07, 6.45) is 0. The fourth-order valence-electron chi connectivity index (χ4n) is 1.49. The number of nitrogens with one attached hydrogen (secondary N) is 1. The SMILES string of the molecule is Cc1ccc(C#N)c(NCc2ccsc2)c1. The molecule has 80 valence electrons. The third-order valence-corrected chi connectivity index (χ3v) is 3.09. The van der Waals surface area contributed by atoms with E-state index in [0.29, 0.717) is 5.56 Å². The van der Waals surface area contributed by atoms with Gasteiger partial charge in [-0.15, -0.1) is 0 Å². The van der Waals surface area contributed by atoms with E-state index in [4.69, 9.17) is 5.26 Å². The quantitative estimate of drug-likeness (QED) is 0.872. The summed E-state index contributed by atoms with van der Waals surface area (Å²) in [5, 5.41) is 16.4. The largest absolute Gasteiger partial charge is 0.380 e. The van der Waals surface area contributed by atoms with E-state index in [2.05, 4.69) is 28.2 Å². The molecular formula is C13H12N2S. The standard InChI is InChI=1S/C13H12N2S/c1-10-2-3-12(7-14)13(6-10)15-8-11-4-5-16-9-11/h2-6,9,15H,8H2,1H3. The molecule has 0 saturated carbocycles. The van der Waals surface area contributed by atoms with Gasteiger partial charge in [0.15, 0.2) is 0 Å². The highest BCUT2D eigenvalue weighted by molar-refractivity contribution is 7.07. The Bertz CT molecular complexity index is 509. The number of aryl methyl sites for hydroxylation is 1. The fourth-order valence-corrected chi connectivity index (χ4v) is 2.16. The molecule has 16 heavy (non-hydrogen) atoms. The van der Waals surface area contributed by atoms with Crippen molar-refractivity contribution in [3.63, 3.8) is 0 Å². The number of benzene rings is 1. The van der Waals surface area contributed by atoms with Gasteiger partial charge in [0.25, 0.3) is 0 Å². The highest BCUT2D eigenvalue weighted by atomic mass is 32.1. The van der Waals surface area contributed by atoms with Crippen molar-refractivity contribution in [2.75, 3.05) is 5.32 Å². The van der Waals surface area contributed by atoms with Gasteiger partial charge >= 0.3 is 0 Å². The van der Waals surface area contributed by atoms with Crippen molar-refractivity contribution in [1.82, 2.24) is 0 Å². The van der Waals surface area contributed by atoms with Crippen molar-refractivity contribution in [1.29, 1.82) is 5.26 Å². The van der Waals surface area contributed by atoms with Gasteiger partial charge in [-0.25, -0.2) is 0 Å². The first-order valence-corrected chi connectivity index (χ1v) is 5.99. The van der Waals surface area contributed by atoms with Gasteiger partial charge in [0, 0.05) is 6.54 Å². The zero-order valence-corrected chi connectivity index (χ0v) is 9.84. The highest BCUT2D eigenvalue weighted by Gasteiger charge is 2.01. The van der Waals surface area contributed by atoms with Crippen LogP contribution in [0.15, 0.2) is 35.0 Å². The molecule has 2 aromatic rings. The molecule has 1 heterocycles. The normalized spacial score (nSPS) is 9.75. The molecule has 1 N–H and O–H groups in total. The summed E-state index contributed by atoms with van der Waals surface area (Å²) in [5.41, 5.74) is 4.01. The van der Waals surface area contributed by atoms with Gasteiger partial charge in [0.1, 0.15) is 6.07 Å². The maximum absolute atomic E-state index is 8.98. The summed E-state index contributed by atoms with van der Waals surface area (Å²) >= 11 is 1.68. The third kappa shape index (κ3) is 2.41. The molecule has 1 aromatic heterocycles. The van der Waals surface area contributed by atoms with Gasteiger partial charge in [-0.05, 0) is 47.0 Å². The second kappa shape index (κ2) is 4.82. The van der Waals surface area contributed by atoms with Crippen LogP contribution in [0.25, 0.3) is 0 Å². The number of rotatable bonds is 3. The van der Waals surface area contributed by atoms with E-state index in [9.17, 15) is 0 Å². The van der Waals surface area contributed by atoms with Gasteiger partial charge in [-0.3, -0.25) is 0 Å². The van der Waals surface area contributed by atoms with E-state index in [0.717, 1.165) is 17.8 Å². The Hall–Kier alpha value is -1.79. The molecule has 0 spiro atoms. The summed E-state index contributed by atoms with van der Waals surface area (Å²) in [7, 11) is 0. The maximum atomic E-state index is 8.98. The highest BCUT2D eigenvalue weighted by Crippen LogP contribution is 2.18. The van der Waals surface area contributed by atoms with Crippen molar-refractivity contribution in [2.45, 2.75) is 13.5 Å². The second-order valence-corrected chi connectivity index (χ2v) is 4.43. The van der Waals surface area contributed by atoms with Gasteiger partial charge < -0.3 is 5.32 Å².